The lowest BCUT2D eigenvalue weighted by molar-refractivity contribution is -0.118. The van der Waals surface area contributed by atoms with Crippen molar-refractivity contribution in [2.24, 2.45) is 5.92 Å². The Morgan fingerprint density at radius 2 is 1.75 bits per heavy atom. The fourth-order valence-electron chi connectivity index (χ4n) is 1.78. The molecule has 0 bridgehead atoms. The van der Waals surface area contributed by atoms with Crippen molar-refractivity contribution in [1.29, 1.82) is 0 Å². The molecule has 0 heterocycles. The molecule has 6 heteroatoms. The van der Waals surface area contributed by atoms with Crippen LogP contribution in [-0.2, 0) is 21.2 Å². The van der Waals surface area contributed by atoms with Crippen LogP contribution in [0, 0.1) is 5.92 Å². The van der Waals surface area contributed by atoms with Crippen molar-refractivity contribution in [3.8, 4) is 0 Å². The molecule has 0 fully saturated rings. The summed E-state index contributed by atoms with van der Waals surface area (Å²) in [5.41, 5.74) is 1.12. The number of carbonyl (C=O) groups is 1. The number of carbonyl (C=O) groups excluding carboxylic acids is 1. The van der Waals surface area contributed by atoms with Gasteiger partial charge in [0.2, 0.25) is 15.9 Å². The van der Waals surface area contributed by atoms with Gasteiger partial charge >= 0.3 is 0 Å². The Hall–Kier alpha value is -1.40. The first-order valence-corrected chi connectivity index (χ1v) is 8.12. The second-order valence-electron chi connectivity index (χ2n) is 5.12. The van der Waals surface area contributed by atoms with E-state index in [2.05, 4.69) is 23.9 Å². The standard InChI is InChI=1S/C14H22N2O3S/c1-11(2)10-13-4-6-14(7-5-13)20(18,19)16-9-8-15-12(3)17/h4-7,11,16H,8-10H2,1-3H3,(H,15,17). The van der Waals surface area contributed by atoms with Gasteiger partial charge in [-0.25, -0.2) is 13.1 Å². The molecular weight excluding hydrogens is 276 g/mol. The lowest BCUT2D eigenvalue weighted by atomic mass is 10.0. The summed E-state index contributed by atoms with van der Waals surface area (Å²) in [7, 11) is -3.50. The van der Waals surface area contributed by atoms with E-state index in [4.69, 9.17) is 0 Å². The van der Waals surface area contributed by atoms with Crippen LogP contribution in [0.3, 0.4) is 0 Å². The fourth-order valence-corrected chi connectivity index (χ4v) is 2.82. The molecular formula is C14H22N2O3S. The summed E-state index contributed by atoms with van der Waals surface area (Å²) in [6, 6.07) is 6.89. The third kappa shape index (κ3) is 5.71. The maximum atomic E-state index is 12.0. The van der Waals surface area contributed by atoms with Crippen molar-refractivity contribution in [2.75, 3.05) is 13.1 Å². The summed E-state index contributed by atoms with van der Waals surface area (Å²) < 4.78 is 26.4. The van der Waals surface area contributed by atoms with Crippen LogP contribution in [0.1, 0.15) is 26.3 Å². The van der Waals surface area contributed by atoms with Crippen molar-refractivity contribution in [1.82, 2.24) is 10.0 Å². The molecule has 0 saturated heterocycles. The van der Waals surface area contributed by atoms with Crippen molar-refractivity contribution < 1.29 is 13.2 Å². The van der Waals surface area contributed by atoms with Crippen LogP contribution in [0.5, 0.6) is 0 Å². The van der Waals surface area contributed by atoms with E-state index in [9.17, 15) is 13.2 Å². The molecule has 0 spiro atoms. The molecule has 0 saturated carbocycles. The second-order valence-corrected chi connectivity index (χ2v) is 6.89. The molecule has 2 N–H and O–H groups in total. The summed E-state index contributed by atoms with van der Waals surface area (Å²) in [6.45, 7) is 6.08. The van der Waals surface area contributed by atoms with E-state index >= 15 is 0 Å². The minimum atomic E-state index is -3.50. The molecule has 5 nitrogen and oxygen atoms in total. The van der Waals surface area contributed by atoms with E-state index in [1.54, 1.807) is 12.1 Å². The quantitative estimate of drug-likeness (QED) is 0.745. The summed E-state index contributed by atoms with van der Waals surface area (Å²) >= 11 is 0. The minimum absolute atomic E-state index is 0.176. The van der Waals surface area contributed by atoms with E-state index in [0.29, 0.717) is 5.92 Å². The number of sulfonamides is 1. The monoisotopic (exact) mass is 298 g/mol. The molecule has 1 aromatic rings. The van der Waals surface area contributed by atoms with Gasteiger partial charge in [0.05, 0.1) is 4.90 Å². The van der Waals surface area contributed by atoms with E-state index in [1.165, 1.54) is 6.92 Å². The molecule has 1 aromatic carbocycles. The molecule has 1 rings (SSSR count). The molecule has 20 heavy (non-hydrogen) atoms. The maximum absolute atomic E-state index is 12.0. The van der Waals surface area contributed by atoms with Gasteiger partial charge in [-0.3, -0.25) is 4.79 Å². The van der Waals surface area contributed by atoms with Gasteiger partial charge in [-0.2, -0.15) is 0 Å². The Balaban J connectivity index is 2.61. The topological polar surface area (TPSA) is 75.3 Å². The van der Waals surface area contributed by atoms with Crippen LogP contribution >= 0.6 is 0 Å². The summed E-state index contributed by atoms with van der Waals surface area (Å²) in [6.07, 6.45) is 0.927. The number of nitrogens with one attached hydrogen (secondary N) is 2. The number of rotatable bonds is 7. The maximum Gasteiger partial charge on any atom is 0.240 e. The van der Waals surface area contributed by atoms with Gasteiger partial charge in [0, 0.05) is 20.0 Å². The Bertz CT molecular complexity index is 536. The first-order valence-electron chi connectivity index (χ1n) is 6.64. The average Bonchev–Trinajstić information content (AvgIpc) is 2.34. The third-order valence-electron chi connectivity index (χ3n) is 2.67. The zero-order valence-electron chi connectivity index (χ0n) is 12.1. The van der Waals surface area contributed by atoms with Gasteiger partial charge in [-0.15, -0.1) is 0 Å². The van der Waals surface area contributed by atoms with Crippen LogP contribution in [0.25, 0.3) is 0 Å². The Labute approximate surface area is 120 Å². The third-order valence-corrected chi connectivity index (χ3v) is 4.15. The van der Waals surface area contributed by atoms with Crippen LogP contribution in [-0.4, -0.2) is 27.4 Å². The predicted molar refractivity (Wildman–Crippen MR) is 78.9 cm³/mol. The Morgan fingerprint density at radius 1 is 1.15 bits per heavy atom. The summed E-state index contributed by atoms with van der Waals surface area (Å²) in [5.74, 6) is 0.357. The Morgan fingerprint density at radius 3 is 2.25 bits per heavy atom. The zero-order valence-corrected chi connectivity index (χ0v) is 13.0. The minimum Gasteiger partial charge on any atom is -0.355 e. The molecule has 0 aliphatic heterocycles. The zero-order chi connectivity index (χ0) is 15.2. The van der Waals surface area contributed by atoms with Gasteiger partial charge in [-0.05, 0) is 30.0 Å². The second kappa shape index (κ2) is 7.40. The highest BCUT2D eigenvalue weighted by Gasteiger charge is 2.13. The van der Waals surface area contributed by atoms with Crippen LogP contribution in [0.2, 0.25) is 0 Å². The molecule has 0 unspecified atom stereocenters. The van der Waals surface area contributed by atoms with Crippen molar-refractivity contribution in [3.05, 3.63) is 29.8 Å². The van der Waals surface area contributed by atoms with Gasteiger partial charge < -0.3 is 5.32 Å². The van der Waals surface area contributed by atoms with Crippen molar-refractivity contribution in [2.45, 2.75) is 32.1 Å². The number of hydrogen-bond acceptors (Lipinski definition) is 3. The highest BCUT2D eigenvalue weighted by molar-refractivity contribution is 7.89. The molecule has 0 aliphatic carbocycles. The highest BCUT2D eigenvalue weighted by Crippen LogP contribution is 2.13. The number of benzene rings is 1. The van der Waals surface area contributed by atoms with Crippen LogP contribution in [0.15, 0.2) is 29.2 Å². The van der Waals surface area contributed by atoms with E-state index in [0.717, 1.165) is 12.0 Å². The van der Waals surface area contributed by atoms with Gasteiger partial charge in [0.1, 0.15) is 0 Å². The van der Waals surface area contributed by atoms with E-state index in [1.807, 2.05) is 12.1 Å². The largest absolute Gasteiger partial charge is 0.355 e. The first-order chi connectivity index (χ1) is 9.31. The fraction of sp³-hybridized carbons (Fsp3) is 0.500. The first kappa shape index (κ1) is 16.7. The molecule has 0 aliphatic rings. The summed E-state index contributed by atoms with van der Waals surface area (Å²) in [4.78, 5) is 10.9. The lowest BCUT2D eigenvalue weighted by Crippen LogP contribution is -2.33. The van der Waals surface area contributed by atoms with E-state index in [-0.39, 0.29) is 23.9 Å². The average molecular weight is 298 g/mol. The molecule has 0 radical (unpaired) electrons. The van der Waals surface area contributed by atoms with Gasteiger partial charge in [-0.1, -0.05) is 26.0 Å². The van der Waals surface area contributed by atoms with Crippen LogP contribution in [0.4, 0.5) is 0 Å². The van der Waals surface area contributed by atoms with Crippen molar-refractivity contribution >= 4 is 15.9 Å². The number of amides is 1. The Kier molecular flexibility index (Phi) is 6.16. The molecule has 0 atom stereocenters. The lowest BCUT2D eigenvalue weighted by Gasteiger charge is -2.09. The molecule has 112 valence electrons. The smallest absolute Gasteiger partial charge is 0.240 e. The SMILES string of the molecule is CC(=O)NCCNS(=O)(=O)c1ccc(CC(C)C)cc1. The van der Waals surface area contributed by atoms with Crippen molar-refractivity contribution in [3.63, 3.8) is 0 Å². The summed E-state index contributed by atoms with van der Waals surface area (Å²) in [5, 5.41) is 2.53. The van der Waals surface area contributed by atoms with Crippen LogP contribution < -0.4 is 10.0 Å². The normalized spacial score (nSPS) is 11.6. The van der Waals surface area contributed by atoms with Gasteiger partial charge in [0.15, 0.2) is 0 Å². The number of hydrogen-bond donors (Lipinski definition) is 2. The van der Waals surface area contributed by atoms with E-state index < -0.39 is 10.0 Å². The molecule has 0 aromatic heterocycles. The highest BCUT2D eigenvalue weighted by atomic mass is 32.2. The molecule has 1 amide bonds. The predicted octanol–water partition coefficient (Wildman–Crippen LogP) is 1.30. The van der Waals surface area contributed by atoms with Gasteiger partial charge in [0.25, 0.3) is 0 Å².